The molecule has 1 aliphatic rings. The lowest BCUT2D eigenvalue weighted by atomic mass is 10.0. The maximum atomic E-state index is 13.7. The van der Waals surface area contributed by atoms with Crippen LogP contribution in [0.1, 0.15) is 22.0 Å². The summed E-state index contributed by atoms with van der Waals surface area (Å²) in [6, 6.07) is 23.5. The van der Waals surface area contributed by atoms with Crippen LogP contribution in [-0.4, -0.2) is 58.4 Å². The van der Waals surface area contributed by atoms with Gasteiger partial charge in [0.25, 0.3) is 5.91 Å². The summed E-state index contributed by atoms with van der Waals surface area (Å²) in [4.78, 5) is 20.2. The van der Waals surface area contributed by atoms with Gasteiger partial charge in [-0.25, -0.2) is 4.68 Å². The van der Waals surface area contributed by atoms with E-state index < -0.39 is 0 Å². The van der Waals surface area contributed by atoms with E-state index in [9.17, 15) is 4.79 Å². The number of para-hydroxylation sites is 1. The number of carbonyl (C=O) groups excluding carboxylic acids is 1. The summed E-state index contributed by atoms with van der Waals surface area (Å²) in [6.07, 6.45) is 5.24. The Hall–Kier alpha value is -3.81. The Morgan fingerprint density at radius 2 is 1.71 bits per heavy atom. The van der Waals surface area contributed by atoms with Crippen LogP contribution in [0.2, 0.25) is 0 Å². The fourth-order valence-electron chi connectivity index (χ4n) is 4.17. The van der Waals surface area contributed by atoms with Crippen LogP contribution in [-0.2, 0) is 4.74 Å². The molecule has 0 unspecified atom stereocenters. The first kappa shape index (κ1) is 22.0. The van der Waals surface area contributed by atoms with E-state index in [1.165, 1.54) is 0 Å². The van der Waals surface area contributed by atoms with Crippen molar-refractivity contribution < 1.29 is 9.53 Å². The summed E-state index contributed by atoms with van der Waals surface area (Å²) < 4.78 is 7.25. The van der Waals surface area contributed by atoms with Crippen LogP contribution in [0.4, 0.5) is 0 Å². The van der Waals surface area contributed by atoms with Crippen molar-refractivity contribution in [3.05, 3.63) is 103 Å². The summed E-state index contributed by atoms with van der Waals surface area (Å²) in [5, 5.41) is 8.03. The van der Waals surface area contributed by atoms with Crippen LogP contribution < -0.4 is 5.32 Å². The number of aromatic nitrogens is 3. The Bertz CT molecular complexity index is 1210. The Balaban J connectivity index is 1.47. The Kier molecular flexibility index (Phi) is 6.74. The van der Waals surface area contributed by atoms with Crippen molar-refractivity contribution in [1.29, 1.82) is 0 Å². The number of nitrogens with one attached hydrogen (secondary N) is 1. The number of rotatable bonds is 7. The number of pyridine rings is 1. The zero-order valence-electron chi connectivity index (χ0n) is 18.9. The van der Waals surface area contributed by atoms with E-state index in [4.69, 9.17) is 9.84 Å². The van der Waals surface area contributed by atoms with E-state index in [0.29, 0.717) is 31.0 Å². The maximum absolute atomic E-state index is 13.7. The molecule has 34 heavy (non-hydrogen) atoms. The molecule has 7 nitrogen and oxygen atoms in total. The fourth-order valence-corrected chi connectivity index (χ4v) is 4.17. The molecule has 0 aliphatic carbocycles. The van der Waals surface area contributed by atoms with Gasteiger partial charge in [-0.05, 0) is 29.8 Å². The summed E-state index contributed by atoms with van der Waals surface area (Å²) >= 11 is 0. The molecule has 3 heterocycles. The molecule has 2 aromatic heterocycles. The molecule has 2 aromatic carbocycles. The first-order valence-electron chi connectivity index (χ1n) is 11.5. The van der Waals surface area contributed by atoms with Crippen LogP contribution >= 0.6 is 0 Å². The number of ether oxygens (including phenoxy) is 1. The second kappa shape index (κ2) is 10.4. The summed E-state index contributed by atoms with van der Waals surface area (Å²) in [5.74, 6) is -0.164. The predicted molar refractivity (Wildman–Crippen MR) is 131 cm³/mol. The largest absolute Gasteiger partial charge is 0.379 e. The second-order valence-corrected chi connectivity index (χ2v) is 8.26. The molecule has 7 heteroatoms. The highest BCUT2D eigenvalue weighted by atomic mass is 16.5. The van der Waals surface area contributed by atoms with Crippen molar-refractivity contribution >= 4 is 5.91 Å². The van der Waals surface area contributed by atoms with E-state index in [0.717, 1.165) is 29.9 Å². The van der Waals surface area contributed by atoms with Crippen LogP contribution in [0, 0.1) is 0 Å². The minimum Gasteiger partial charge on any atom is -0.379 e. The molecule has 172 valence electrons. The molecule has 1 atom stereocenters. The Morgan fingerprint density at radius 3 is 2.41 bits per heavy atom. The SMILES string of the molecule is O=C(N[C@@H](CN1CCOCC1)c1ccccc1)c1cn(-c2ccccc2)nc1-c1cccnc1. The highest BCUT2D eigenvalue weighted by Gasteiger charge is 2.24. The molecule has 1 N–H and O–H groups in total. The van der Waals surface area contributed by atoms with Crippen molar-refractivity contribution in [2.45, 2.75) is 6.04 Å². The standard InChI is InChI=1S/C27H27N5O2/c33-27(29-25(21-8-3-1-4-9-21)20-31-14-16-34-17-15-31)24-19-32(23-11-5-2-6-12-23)30-26(24)22-10-7-13-28-18-22/h1-13,18-19,25H,14-17,20H2,(H,29,33)/t25-/m0/s1. The number of nitrogens with zero attached hydrogens (tertiary/aromatic N) is 4. The molecule has 4 aromatic rings. The molecular weight excluding hydrogens is 426 g/mol. The van der Waals surface area contributed by atoms with Gasteiger partial charge in [0.05, 0.1) is 30.5 Å². The summed E-state index contributed by atoms with van der Waals surface area (Å²) in [6.45, 7) is 3.85. The Morgan fingerprint density at radius 1 is 0.971 bits per heavy atom. The highest BCUT2D eigenvalue weighted by Crippen LogP contribution is 2.24. The lowest BCUT2D eigenvalue weighted by molar-refractivity contribution is 0.0332. The van der Waals surface area contributed by atoms with Gasteiger partial charge in [0.2, 0.25) is 0 Å². The Labute approximate surface area is 199 Å². The van der Waals surface area contributed by atoms with Crippen molar-refractivity contribution in [3.63, 3.8) is 0 Å². The topological polar surface area (TPSA) is 72.3 Å². The van der Waals surface area contributed by atoms with Gasteiger partial charge in [-0.2, -0.15) is 5.10 Å². The molecule has 0 spiro atoms. The molecule has 0 bridgehead atoms. The lowest BCUT2D eigenvalue weighted by Gasteiger charge is -2.31. The van der Waals surface area contributed by atoms with Gasteiger partial charge in [-0.1, -0.05) is 48.5 Å². The van der Waals surface area contributed by atoms with Gasteiger partial charge >= 0.3 is 0 Å². The van der Waals surface area contributed by atoms with Gasteiger partial charge in [-0.15, -0.1) is 0 Å². The van der Waals surface area contributed by atoms with E-state index in [1.54, 1.807) is 23.3 Å². The van der Waals surface area contributed by atoms with Crippen LogP contribution in [0.15, 0.2) is 91.4 Å². The minimum absolute atomic E-state index is 0.159. The molecule has 1 fully saturated rings. The zero-order valence-corrected chi connectivity index (χ0v) is 18.9. The predicted octanol–water partition coefficient (Wildman–Crippen LogP) is 3.74. The maximum Gasteiger partial charge on any atom is 0.255 e. The van der Waals surface area contributed by atoms with Gasteiger partial charge in [-0.3, -0.25) is 14.7 Å². The van der Waals surface area contributed by atoms with Crippen molar-refractivity contribution in [2.24, 2.45) is 0 Å². The quantitative estimate of drug-likeness (QED) is 0.462. The first-order valence-corrected chi connectivity index (χ1v) is 11.5. The molecule has 1 amide bonds. The van der Waals surface area contributed by atoms with E-state index in [2.05, 4.69) is 27.3 Å². The fraction of sp³-hybridized carbons (Fsp3) is 0.222. The van der Waals surface area contributed by atoms with Crippen LogP contribution in [0.25, 0.3) is 16.9 Å². The molecule has 0 saturated carbocycles. The molecule has 1 aliphatic heterocycles. The van der Waals surface area contributed by atoms with E-state index >= 15 is 0 Å². The number of benzene rings is 2. The lowest BCUT2D eigenvalue weighted by Crippen LogP contribution is -2.43. The molecule has 0 radical (unpaired) electrons. The van der Waals surface area contributed by atoms with E-state index in [1.807, 2.05) is 60.7 Å². The van der Waals surface area contributed by atoms with Crippen molar-refractivity contribution in [1.82, 2.24) is 25.0 Å². The zero-order chi connectivity index (χ0) is 23.2. The van der Waals surface area contributed by atoms with Gasteiger partial charge < -0.3 is 10.1 Å². The number of carbonyl (C=O) groups is 1. The van der Waals surface area contributed by atoms with Crippen molar-refractivity contribution in [3.8, 4) is 16.9 Å². The minimum atomic E-state index is -0.164. The number of hydrogen-bond acceptors (Lipinski definition) is 5. The normalized spacial score (nSPS) is 15.1. The third-order valence-corrected chi connectivity index (χ3v) is 5.97. The molecule has 1 saturated heterocycles. The highest BCUT2D eigenvalue weighted by molar-refractivity contribution is 6.00. The van der Waals surface area contributed by atoms with Crippen LogP contribution in [0.5, 0.6) is 0 Å². The smallest absolute Gasteiger partial charge is 0.255 e. The monoisotopic (exact) mass is 453 g/mol. The van der Waals surface area contributed by atoms with Gasteiger partial charge in [0, 0.05) is 43.8 Å². The summed E-state index contributed by atoms with van der Waals surface area (Å²) in [7, 11) is 0. The average molecular weight is 454 g/mol. The van der Waals surface area contributed by atoms with Crippen molar-refractivity contribution in [2.75, 3.05) is 32.8 Å². The second-order valence-electron chi connectivity index (χ2n) is 8.26. The third-order valence-electron chi connectivity index (χ3n) is 5.97. The molecular formula is C27H27N5O2. The van der Waals surface area contributed by atoms with Gasteiger partial charge in [0.1, 0.15) is 5.69 Å². The number of hydrogen-bond donors (Lipinski definition) is 1. The first-order chi connectivity index (χ1) is 16.8. The summed E-state index contributed by atoms with van der Waals surface area (Å²) in [5.41, 5.74) is 3.87. The number of morpholine rings is 1. The van der Waals surface area contributed by atoms with Gasteiger partial charge in [0.15, 0.2) is 0 Å². The third kappa shape index (κ3) is 5.06. The molecule has 5 rings (SSSR count). The van der Waals surface area contributed by atoms with E-state index in [-0.39, 0.29) is 11.9 Å². The average Bonchev–Trinajstić information content (AvgIpc) is 3.36. The number of amides is 1. The van der Waals surface area contributed by atoms with Crippen LogP contribution in [0.3, 0.4) is 0 Å².